The number of nitrogens with zero attached hydrogens (tertiary/aromatic N) is 1. The van der Waals surface area contributed by atoms with E-state index in [9.17, 15) is 13.5 Å². The summed E-state index contributed by atoms with van der Waals surface area (Å²) >= 11 is 0. The summed E-state index contributed by atoms with van der Waals surface area (Å²) in [5.74, 6) is 0.640. The van der Waals surface area contributed by atoms with Gasteiger partial charge in [-0.2, -0.15) is 0 Å². The van der Waals surface area contributed by atoms with Gasteiger partial charge in [-0.1, -0.05) is 0 Å². The standard InChI is InChI=1S/C14H20N2O4S/c1-20-12-4-2-11(3-5-12)8-15-6-7-16-13-9-21(18,19)10-14(13)17/h2-5,8,13-14,16-17H,6-7,9-10H2,1H3/t13-,14-/m0/s1. The molecule has 1 saturated heterocycles. The molecule has 2 N–H and O–H groups in total. The SMILES string of the molecule is COc1ccc(C=NCCN[C@H]2CS(=O)(=O)C[C@@H]2O)cc1. The molecule has 0 saturated carbocycles. The minimum atomic E-state index is -3.10. The van der Waals surface area contributed by atoms with E-state index in [2.05, 4.69) is 10.3 Å². The summed E-state index contributed by atoms with van der Waals surface area (Å²) in [7, 11) is -1.48. The topological polar surface area (TPSA) is 88.0 Å². The van der Waals surface area contributed by atoms with Gasteiger partial charge < -0.3 is 15.2 Å². The van der Waals surface area contributed by atoms with Crippen molar-refractivity contribution in [3.05, 3.63) is 29.8 Å². The van der Waals surface area contributed by atoms with Crippen LogP contribution in [0.2, 0.25) is 0 Å². The van der Waals surface area contributed by atoms with E-state index in [1.807, 2.05) is 24.3 Å². The Hall–Kier alpha value is -1.44. The lowest BCUT2D eigenvalue weighted by Crippen LogP contribution is -2.40. The highest BCUT2D eigenvalue weighted by molar-refractivity contribution is 7.91. The highest BCUT2D eigenvalue weighted by Gasteiger charge is 2.35. The second-order valence-electron chi connectivity index (χ2n) is 5.01. The van der Waals surface area contributed by atoms with E-state index < -0.39 is 15.9 Å². The third-order valence-corrected chi connectivity index (χ3v) is 5.04. The van der Waals surface area contributed by atoms with Gasteiger partial charge in [-0.05, 0) is 29.8 Å². The van der Waals surface area contributed by atoms with Crippen molar-refractivity contribution in [2.45, 2.75) is 12.1 Å². The zero-order chi connectivity index (χ0) is 15.3. The molecule has 6 nitrogen and oxygen atoms in total. The van der Waals surface area contributed by atoms with Gasteiger partial charge in [0, 0.05) is 18.8 Å². The Morgan fingerprint density at radius 3 is 2.67 bits per heavy atom. The zero-order valence-electron chi connectivity index (χ0n) is 11.9. The molecule has 1 aromatic rings. The van der Waals surface area contributed by atoms with Crippen LogP contribution in [-0.4, -0.2) is 63.6 Å². The average molecular weight is 312 g/mol. The molecule has 0 aromatic heterocycles. The van der Waals surface area contributed by atoms with Crippen molar-refractivity contribution in [1.82, 2.24) is 5.32 Å². The number of aliphatic hydroxyl groups excluding tert-OH is 1. The van der Waals surface area contributed by atoms with Crippen LogP contribution in [0.1, 0.15) is 5.56 Å². The van der Waals surface area contributed by atoms with Crippen molar-refractivity contribution >= 4 is 16.1 Å². The predicted octanol–water partition coefficient (Wildman–Crippen LogP) is -0.138. The van der Waals surface area contributed by atoms with E-state index in [0.717, 1.165) is 11.3 Å². The smallest absolute Gasteiger partial charge is 0.154 e. The molecular weight excluding hydrogens is 292 g/mol. The number of sulfone groups is 1. The molecule has 1 aliphatic heterocycles. The highest BCUT2D eigenvalue weighted by atomic mass is 32.2. The van der Waals surface area contributed by atoms with E-state index in [1.165, 1.54) is 0 Å². The molecule has 0 unspecified atom stereocenters. The van der Waals surface area contributed by atoms with Crippen LogP contribution >= 0.6 is 0 Å². The fourth-order valence-electron chi connectivity index (χ4n) is 2.20. The van der Waals surface area contributed by atoms with Crippen LogP contribution in [0.15, 0.2) is 29.3 Å². The molecule has 0 spiro atoms. The van der Waals surface area contributed by atoms with E-state index >= 15 is 0 Å². The minimum absolute atomic E-state index is 0.00361. The molecule has 0 amide bonds. The van der Waals surface area contributed by atoms with Gasteiger partial charge in [0.25, 0.3) is 0 Å². The molecule has 1 aromatic carbocycles. The van der Waals surface area contributed by atoms with E-state index in [0.29, 0.717) is 13.1 Å². The van der Waals surface area contributed by atoms with Crippen LogP contribution in [0, 0.1) is 0 Å². The lowest BCUT2D eigenvalue weighted by molar-refractivity contribution is 0.167. The number of nitrogens with one attached hydrogen (secondary N) is 1. The first-order valence-corrected chi connectivity index (χ1v) is 8.58. The van der Waals surface area contributed by atoms with Gasteiger partial charge in [-0.25, -0.2) is 8.42 Å². The van der Waals surface area contributed by atoms with Gasteiger partial charge in [0.05, 0.1) is 31.3 Å². The molecule has 1 heterocycles. The number of aliphatic hydroxyl groups is 1. The summed E-state index contributed by atoms with van der Waals surface area (Å²) < 4.78 is 27.7. The number of rotatable bonds is 6. The van der Waals surface area contributed by atoms with Crippen LogP contribution < -0.4 is 10.1 Å². The summed E-state index contributed by atoms with van der Waals surface area (Å²) in [5, 5.41) is 12.6. The Morgan fingerprint density at radius 1 is 1.38 bits per heavy atom. The van der Waals surface area contributed by atoms with Crippen LogP contribution in [0.5, 0.6) is 5.75 Å². The largest absolute Gasteiger partial charge is 0.497 e. The van der Waals surface area contributed by atoms with Crippen molar-refractivity contribution < 1.29 is 18.3 Å². The van der Waals surface area contributed by atoms with Crippen molar-refractivity contribution in [1.29, 1.82) is 0 Å². The number of hydrogen-bond donors (Lipinski definition) is 2. The molecule has 7 heteroatoms. The van der Waals surface area contributed by atoms with E-state index in [4.69, 9.17) is 4.74 Å². The van der Waals surface area contributed by atoms with Crippen LogP contribution in [-0.2, 0) is 9.84 Å². The second kappa shape index (κ2) is 7.02. The van der Waals surface area contributed by atoms with Crippen LogP contribution in [0.3, 0.4) is 0 Å². The lowest BCUT2D eigenvalue weighted by Gasteiger charge is -2.13. The second-order valence-corrected chi connectivity index (χ2v) is 7.17. The van der Waals surface area contributed by atoms with Gasteiger partial charge in [-0.3, -0.25) is 4.99 Å². The average Bonchev–Trinajstić information content (AvgIpc) is 2.72. The molecule has 2 rings (SSSR count). The fraction of sp³-hybridized carbons (Fsp3) is 0.500. The Bertz CT molecular complexity index is 583. The molecule has 1 aliphatic rings. The summed E-state index contributed by atoms with van der Waals surface area (Å²) in [6.45, 7) is 1.05. The summed E-state index contributed by atoms with van der Waals surface area (Å²) in [6.07, 6.45) is 0.934. The molecule has 21 heavy (non-hydrogen) atoms. The molecule has 0 aliphatic carbocycles. The Labute approximate surface area is 124 Å². The number of aliphatic imine (C=N–C) groups is 1. The monoisotopic (exact) mass is 312 g/mol. The van der Waals surface area contributed by atoms with Crippen LogP contribution in [0.25, 0.3) is 0 Å². The maximum absolute atomic E-state index is 11.3. The maximum Gasteiger partial charge on any atom is 0.154 e. The maximum atomic E-state index is 11.3. The number of ether oxygens (including phenoxy) is 1. The molecule has 1 fully saturated rings. The fourth-order valence-corrected chi connectivity index (χ4v) is 3.97. The first-order valence-electron chi connectivity index (χ1n) is 6.76. The summed E-state index contributed by atoms with van der Waals surface area (Å²) in [6, 6.07) is 7.15. The van der Waals surface area contributed by atoms with Gasteiger partial charge >= 0.3 is 0 Å². The Balaban J connectivity index is 1.73. The number of methoxy groups -OCH3 is 1. The van der Waals surface area contributed by atoms with Crippen molar-refractivity contribution in [3.8, 4) is 5.75 Å². The summed E-state index contributed by atoms with van der Waals surface area (Å²) in [5.41, 5.74) is 0.972. The van der Waals surface area contributed by atoms with Crippen molar-refractivity contribution in [2.24, 2.45) is 4.99 Å². The Morgan fingerprint density at radius 2 is 2.10 bits per heavy atom. The van der Waals surface area contributed by atoms with Crippen LogP contribution in [0.4, 0.5) is 0 Å². The van der Waals surface area contributed by atoms with Gasteiger partial charge in [0.2, 0.25) is 0 Å². The zero-order valence-corrected chi connectivity index (χ0v) is 12.7. The van der Waals surface area contributed by atoms with Gasteiger partial charge in [-0.15, -0.1) is 0 Å². The molecule has 116 valence electrons. The molecule has 0 radical (unpaired) electrons. The quantitative estimate of drug-likeness (QED) is 0.564. The third kappa shape index (κ3) is 4.80. The highest BCUT2D eigenvalue weighted by Crippen LogP contribution is 2.12. The first-order chi connectivity index (χ1) is 10.00. The number of benzene rings is 1. The summed E-state index contributed by atoms with van der Waals surface area (Å²) in [4.78, 5) is 4.26. The van der Waals surface area contributed by atoms with Gasteiger partial charge in [0.15, 0.2) is 9.84 Å². The van der Waals surface area contributed by atoms with E-state index in [1.54, 1.807) is 13.3 Å². The normalized spacial score (nSPS) is 24.5. The van der Waals surface area contributed by atoms with Crippen molar-refractivity contribution in [2.75, 3.05) is 31.7 Å². The first kappa shape index (κ1) is 15.9. The van der Waals surface area contributed by atoms with E-state index in [-0.39, 0.29) is 17.5 Å². The third-order valence-electron chi connectivity index (χ3n) is 3.33. The Kier molecular flexibility index (Phi) is 5.33. The predicted molar refractivity (Wildman–Crippen MR) is 81.9 cm³/mol. The molecule has 2 atom stereocenters. The molecule has 0 bridgehead atoms. The lowest BCUT2D eigenvalue weighted by atomic mass is 10.2. The minimum Gasteiger partial charge on any atom is -0.497 e. The number of hydrogen-bond acceptors (Lipinski definition) is 6. The molecular formula is C14H20N2O4S. The van der Waals surface area contributed by atoms with Crippen molar-refractivity contribution in [3.63, 3.8) is 0 Å². The van der Waals surface area contributed by atoms with Gasteiger partial charge in [0.1, 0.15) is 5.75 Å².